The van der Waals surface area contributed by atoms with Crippen LogP contribution in [0.5, 0.6) is 0 Å². The maximum atomic E-state index is 12.9. The lowest BCUT2D eigenvalue weighted by molar-refractivity contribution is -0.136. The van der Waals surface area contributed by atoms with E-state index in [4.69, 9.17) is 0 Å². The minimum atomic E-state index is -0.286. The summed E-state index contributed by atoms with van der Waals surface area (Å²) < 4.78 is 0. The second-order valence-corrected chi connectivity index (χ2v) is 11.1. The van der Waals surface area contributed by atoms with Crippen LogP contribution in [0.15, 0.2) is 0 Å². The number of hydrogen-bond donors (Lipinski definition) is 1. The van der Waals surface area contributed by atoms with Crippen molar-refractivity contribution in [1.29, 1.82) is 0 Å². The SMILES string of the molecule is CCN1CCN(C(=O)CC(C)(C)CC(=O)NC23CC4CC(CC(C4)C2)C3)CC1. The molecule has 5 fully saturated rings. The molecule has 0 atom stereocenters. The first-order chi connectivity index (χ1) is 13.3. The summed E-state index contributed by atoms with van der Waals surface area (Å²) in [6.07, 6.45) is 8.65. The highest BCUT2D eigenvalue weighted by Crippen LogP contribution is 2.55. The van der Waals surface area contributed by atoms with Crippen LogP contribution in [0.3, 0.4) is 0 Å². The molecule has 5 rings (SSSR count). The summed E-state index contributed by atoms with van der Waals surface area (Å²) in [4.78, 5) is 30.1. The maximum Gasteiger partial charge on any atom is 0.223 e. The molecule has 0 aromatic heterocycles. The van der Waals surface area contributed by atoms with Gasteiger partial charge in [-0.15, -0.1) is 0 Å². The monoisotopic (exact) mass is 389 g/mol. The van der Waals surface area contributed by atoms with E-state index in [1.54, 1.807) is 0 Å². The zero-order valence-corrected chi connectivity index (χ0v) is 18.1. The van der Waals surface area contributed by atoms with Crippen LogP contribution in [0.25, 0.3) is 0 Å². The number of hydrogen-bond acceptors (Lipinski definition) is 3. The second-order valence-electron chi connectivity index (χ2n) is 11.1. The van der Waals surface area contributed by atoms with Gasteiger partial charge in [0.05, 0.1) is 0 Å². The number of rotatable bonds is 6. The van der Waals surface area contributed by atoms with E-state index in [0.29, 0.717) is 12.8 Å². The Morgan fingerprint density at radius 2 is 1.46 bits per heavy atom. The minimum Gasteiger partial charge on any atom is -0.351 e. The molecule has 1 saturated heterocycles. The Kier molecular flexibility index (Phi) is 5.49. The van der Waals surface area contributed by atoms with Crippen LogP contribution in [0.1, 0.15) is 72.1 Å². The molecule has 5 aliphatic rings. The number of amides is 2. The van der Waals surface area contributed by atoms with Gasteiger partial charge in [-0.25, -0.2) is 0 Å². The van der Waals surface area contributed by atoms with E-state index in [9.17, 15) is 9.59 Å². The highest BCUT2D eigenvalue weighted by Gasteiger charge is 2.51. The van der Waals surface area contributed by atoms with Gasteiger partial charge in [-0.05, 0) is 68.2 Å². The maximum absolute atomic E-state index is 12.9. The van der Waals surface area contributed by atoms with E-state index >= 15 is 0 Å². The van der Waals surface area contributed by atoms with Crippen molar-refractivity contribution in [3.05, 3.63) is 0 Å². The second kappa shape index (κ2) is 7.62. The summed E-state index contributed by atoms with van der Waals surface area (Å²) >= 11 is 0. The Balaban J connectivity index is 1.28. The first-order valence-corrected chi connectivity index (χ1v) is 11.6. The van der Waals surface area contributed by atoms with Crippen LogP contribution in [-0.4, -0.2) is 59.9 Å². The largest absolute Gasteiger partial charge is 0.351 e. The lowest BCUT2D eigenvalue weighted by atomic mass is 9.53. The minimum absolute atomic E-state index is 0.0718. The number of piperazine rings is 1. The molecule has 2 amide bonds. The van der Waals surface area contributed by atoms with Crippen LogP contribution >= 0.6 is 0 Å². The number of nitrogens with one attached hydrogen (secondary N) is 1. The Hall–Kier alpha value is -1.10. The summed E-state index contributed by atoms with van der Waals surface area (Å²) in [6, 6.07) is 0. The lowest BCUT2D eigenvalue weighted by Gasteiger charge is -2.57. The van der Waals surface area contributed by atoms with Crippen molar-refractivity contribution < 1.29 is 9.59 Å². The third kappa shape index (κ3) is 4.39. The van der Waals surface area contributed by atoms with Gasteiger partial charge < -0.3 is 15.1 Å². The highest BCUT2D eigenvalue weighted by molar-refractivity contribution is 5.81. The number of likely N-dealkylation sites (N-methyl/N-ethyl adjacent to an activating group) is 1. The van der Waals surface area contributed by atoms with Gasteiger partial charge in [0.25, 0.3) is 0 Å². The van der Waals surface area contributed by atoms with Crippen molar-refractivity contribution in [2.75, 3.05) is 32.7 Å². The molecule has 28 heavy (non-hydrogen) atoms. The topological polar surface area (TPSA) is 52.7 Å². The van der Waals surface area contributed by atoms with E-state index in [2.05, 4.69) is 31.0 Å². The van der Waals surface area contributed by atoms with Gasteiger partial charge in [-0.2, -0.15) is 0 Å². The van der Waals surface area contributed by atoms with Crippen molar-refractivity contribution in [2.24, 2.45) is 23.2 Å². The summed E-state index contributed by atoms with van der Waals surface area (Å²) in [6.45, 7) is 11.0. The van der Waals surface area contributed by atoms with Gasteiger partial charge in [0.2, 0.25) is 11.8 Å². The molecule has 1 aliphatic heterocycles. The first kappa shape index (κ1) is 20.2. The normalized spacial score (nSPS) is 35.2. The molecule has 0 spiro atoms. The van der Waals surface area contributed by atoms with Crippen molar-refractivity contribution >= 4 is 11.8 Å². The van der Waals surface area contributed by atoms with E-state index in [1.807, 2.05) is 4.90 Å². The van der Waals surface area contributed by atoms with Gasteiger partial charge in [0.1, 0.15) is 0 Å². The average molecular weight is 390 g/mol. The summed E-state index contributed by atoms with van der Waals surface area (Å²) in [7, 11) is 0. The molecule has 5 heteroatoms. The summed E-state index contributed by atoms with van der Waals surface area (Å²) in [5, 5.41) is 3.48. The molecular formula is C23H39N3O2. The van der Waals surface area contributed by atoms with Gasteiger partial charge in [0.15, 0.2) is 0 Å². The lowest BCUT2D eigenvalue weighted by Crippen LogP contribution is -2.60. The van der Waals surface area contributed by atoms with E-state index in [1.165, 1.54) is 38.5 Å². The third-order valence-corrected chi connectivity index (χ3v) is 7.88. The average Bonchev–Trinajstić information content (AvgIpc) is 2.59. The molecule has 1 heterocycles. The van der Waals surface area contributed by atoms with Gasteiger partial charge in [0, 0.05) is 44.6 Å². The molecule has 4 bridgehead atoms. The quantitative estimate of drug-likeness (QED) is 0.760. The van der Waals surface area contributed by atoms with E-state index < -0.39 is 0 Å². The Labute approximate surface area is 170 Å². The summed E-state index contributed by atoms with van der Waals surface area (Å²) in [5.41, 5.74) is -0.215. The molecule has 5 nitrogen and oxygen atoms in total. The molecule has 1 N–H and O–H groups in total. The number of nitrogens with zero attached hydrogens (tertiary/aromatic N) is 2. The van der Waals surface area contributed by atoms with Crippen LogP contribution in [0.2, 0.25) is 0 Å². The van der Waals surface area contributed by atoms with Crippen LogP contribution in [0, 0.1) is 23.2 Å². The Morgan fingerprint density at radius 1 is 0.929 bits per heavy atom. The predicted octanol–water partition coefficient (Wildman–Crippen LogP) is 3.04. The fourth-order valence-electron chi connectivity index (χ4n) is 6.94. The molecular weight excluding hydrogens is 350 g/mol. The van der Waals surface area contributed by atoms with E-state index in [0.717, 1.165) is 50.5 Å². The van der Waals surface area contributed by atoms with Crippen molar-refractivity contribution in [2.45, 2.75) is 77.7 Å². The fraction of sp³-hybridized carbons (Fsp3) is 0.913. The smallest absolute Gasteiger partial charge is 0.223 e. The van der Waals surface area contributed by atoms with Gasteiger partial charge in [-0.1, -0.05) is 20.8 Å². The number of carbonyl (C=O) groups excluding carboxylic acids is 2. The summed E-state index contributed by atoms with van der Waals surface area (Å²) in [5.74, 6) is 2.88. The standard InChI is InChI=1S/C23H39N3O2/c1-4-25-5-7-26(8-6-25)21(28)16-22(2,3)15-20(27)24-23-12-17-9-18(13-23)11-19(10-17)14-23/h17-19H,4-16H2,1-3H3,(H,24,27). The Bertz CT molecular complexity index is 572. The molecule has 0 aromatic carbocycles. The molecule has 0 unspecified atom stereocenters. The van der Waals surface area contributed by atoms with Gasteiger partial charge >= 0.3 is 0 Å². The van der Waals surface area contributed by atoms with Crippen LogP contribution in [0.4, 0.5) is 0 Å². The third-order valence-electron chi connectivity index (χ3n) is 7.88. The fourth-order valence-corrected chi connectivity index (χ4v) is 6.94. The number of carbonyl (C=O) groups is 2. The highest BCUT2D eigenvalue weighted by atomic mass is 16.2. The van der Waals surface area contributed by atoms with Crippen molar-refractivity contribution in [3.8, 4) is 0 Å². The van der Waals surface area contributed by atoms with E-state index in [-0.39, 0.29) is 22.8 Å². The molecule has 0 radical (unpaired) electrons. The Morgan fingerprint density at radius 3 is 1.96 bits per heavy atom. The van der Waals surface area contributed by atoms with Crippen LogP contribution in [-0.2, 0) is 9.59 Å². The van der Waals surface area contributed by atoms with Crippen molar-refractivity contribution in [1.82, 2.24) is 15.1 Å². The zero-order valence-electron chi connectivity index (χ0n) is 18.1. The van der Waals surface area contributed by atoms with Gasteiger partial charge in [-0.3, -0.25) is 9.59 Å². The van der Waals surface area contributed by atoms with Crippen molar-refractivity contribution in [3.63, 3.8) is 0 Å². The predicted molar refractivity (Wildman–Crippen MR) is 111 cm³/mol. The molecule has 4 aliphatic carbocycles. The molecule has 158 valence electrons. The zero-order chi connectivity index (χ0) is 19.9. The van der Waals surface area contributed by atoms with Crippen LogP contribution < -0.4 is 5.32 Å². The first-order valence-electron chi connectivity index (χ1n) is 11.6. The molecule has 4 saturated carbocycles. The molecule has 0 aromatic rings.